The van der Waals surface area contributed by atoms with Gasteiger partial charge in [-0.15, -0.1) is 0 Å². The van der Waals surface area contributed by atoms with Crippen molar-refractivity contribution in [2.75, 3.05) is 0 Å². The molecule has 0 aliphatic carbocycles. The molecule has 0 aliphatic heterocycles. The minimum atomic E-state index is -0.836. The second-order valence-corrected chi connectivity index (χ2v) is 5.77. The standard InChI is InChI=1S/C16H25FO/c1-6-12(7-2)15(16(4,5)18)13-8-11(3)9-14(17)10-13/h8-10,12,15,18H,6-7H2,1-5H3. The van der Waals surface area contributed by atoms with Crippen LogP contribution in [0.3, 0.4) is 0 Å². The van der Waals surface area contributed by atoms with Gasteiger partial charge in [-0.2, -0.15) is 0 Å². The van der Waals surface area contributed by atoms with E-state index in [0.29, 0.717) is 5.92 Å². The molecule has 1 nitrogen and oxygen atoms in total. The van der Waals surface area contributed by atoms with E-state index in [0.717, 1.165) is 24.0 Å². The van der Waals surface area contributed by atoms with Crippen LogP contribution in [0.5, 0.6) is 0 Å². The number of aryl methyl sites for hydroxylation is 1. The third-order valence-corrected chi connectivity index (χ3v) is 3.70. The summed E-state index contributed by atoms with van der Waals surface area (Å²) in [6.07, 6.45) is 1.97. The Labute approximate surface area is 110 Å². The zero-order valence-corrected chi connectivity index (χ0v) is 12.1. The van der Waals surface area contributed by atoms with Crippen molar-refractivity contribution < 1.29 is 9.50 Å². The predicted molar refractivity (Wildman–Crippen MR) is 74.2 cm³/mol. The van der Waals surface area contributed by atoms with Crippen LogP contribution in [0.1, 0.15) is 57.6 Å². The van der Waals surface area contributed by atoms with E-state index in [-0.39, 0.29) is 11.7 Å². The Kier molecular flexibility index (Phi) is 4.92. The summed E-state index contributed by atoms with van der Waals surface area (Å²) in [7, 11) is 0. The minimum Gasteiger partial charge on any atom is -0.390 e. The van der Waals surface area contributed by atoms with Crippen LogP contribution < -0.4 is 0 Å². The number of hydrogen-bond donors (Lipinski definition) is 1. The molecular weight excluding hydrogens is 227 g/mol. The normalized spacial score (nSPS) is 14.0. The van der Waals surface area contributed by atoms with E-state index in [4.69, 9.17) is 0 Å². The molecule has 2 heteroatoms. The summed E-state index contributed by atoms with van der Waals surface area (Å²) in [5.74, 6) is 0.123. The maximum absolute atomic E-state index is 13.6. The van der Waals surface area contributed by atoms with Crippen LogP contribution in [0.25, 0.3) is 0 Å². The molecule has 0 aromatic heterocycles. The van der Waals surface area contributed by atoms with Gasteiger partial charge in [0.2, 0.25) is 0 Å². The second kappa shape index (κ2) is 5.83. The molecule has 0 aliphatic rings. The smallest absolute Gasteiger partial charge is 0.123 e. The minimum absolute atomic E-state index is 0.0260. The lowest BCUT2D eigenvalue weighted by Gasteiger charge is -2.36. The predicted octanol–water partition coefficient (Wildman–Crippen LogP) is 4.42. The number of hydrogen-bond acceptors (Lipinski definition) is 1. The van der Waals surface area contributed by atoms with E-state index in [9.17, 15) is 9.50 Å². The van der Waals surface area contributed by atoms with Crippen molar-refractivity contribution in [2.24, 2.45) is 5.92 Å². The summed E-state index contributed by atoms with van der Waals surface area (Å²) in [6.45, 7) is 9.77. The van der Waals surface area contributed by atoms with Crippen LogP contribution in [0.15, 0.2) is 18.2 Å². The second-order valence-electron chi connectivity index (χ2n) is 5.77. The first-order valence-corrected chi connectivity index (χ1v) is 6.79. The number of halogens is 1. The zero-order chi connectivity index (χ0) is 13.9. The zero-order valence-electron chi connectivity index (χ0n) is 12.1. The van der Waals surface area contributed by atoms with Crippen LogP contribution in [-0.2, 0) is 0 Å². The fraction of sp³-hybridized carbons (Fsp3) is 0.625. The molecule has 1 aromatic rings. The molecule has 0 fully saturated rings. The van der Waals surface area contributed by atoms with E-state index in [1.54, 1.807) is 6.07 Å². The average Bonchev–Trinajstić information content (AvgIpc) is 2.22. The first-order valence-electron chi connectivity index (χ1n) is 6.79. The molecule has 1 atom stereocenters. The summed E-state index contributed by atoms with van der Waals surface area (Å²) in [6, 6.07) is 5.08. The summed E-state index contributed by atoms with van der Waals surface area (Å²) < 4.78 is 13.6. The molecule has 0 heterocycles. The number of aliphatic hydroxyl groups is 1. The summed E-state index contributed by atoms with van der Waals surface area (Å²) in [4.78, 5) is 0. The lowest BCUT2D eigenvalue weighted by atomic mass is 9.73. The highest BCUT2D eigenvalue weighted by atomic mass is 19.1. The highest BCUT2D eigenvalue weighted by molar-refractivity contribution is 5.29. The van der Waals surface area contributed by atoms with Gasteiger partial charge in [0, 0.05) is 5.92 Å². The van der Waals surface area contributed by atoms with E-state index in [2.05, 4.69) is 13.8 Å². The van der Waals surface area contributed by atoms with Crippen molar-refractivity contribution in [3.05, 3.63) is 35.1 Å². The molecule has 1 N–H and O–H groups in total. The summed E-state index contributed by atoms with van der Waals surface area (Å²) in [5.41, 5.74) is 0.982. The van der Waals surface area contributed by atoms with Gasteiger partial charge in [0.25, 0.3) is 0 Å². The van der Waals surface area contributed by atoms with Gasteiger partial charge < -0.3 is 5.11 Å². The van der Waals surface area contributed by atoms with Crippen molar-refractivity contribution in [1.82, 2.24) is 0 Å². The van der Waals surface area contributed by atoms with Crippen LogP contribution in [0.4, 0.5) is 4.39 Å². The molecule has 0 radical (unpaired) electrons. The van der Waals surface area contributed by atoms with Crippen molar-refractivity contribution in [3.8, 4) is 0 Å². The first kappa shape index (κ1) is 15.2. The molecule has 0 saturated carbocycles. The fourth-order valence-electron chi connectivity index (χ4n) is 2.96. The van der Waals surface area contributed by atoms with E-state index in [1.165, 1.54) is 6.07 Å². The first-order chi connectivity index (χ1) is 8.29. The largest absolute Gasteiger partial charge is 0.390 e. The SMILES string of the molecule is CCC(CC)C(c1cc(C)cc(F)c1)C(C)(C)O. The van der Waals surface area contributed by atoms with Gasteiger partial charge in [0.1, 0.15) is 5.82 Å². The summed E-state index contributed by atoms with van der Waals surface area (Å²) >= 11 is 0. The molecule has 0 bridgehead atoms. The van der Waals surface area contributed by atoms with Crippen molar-refractivity contribution in [3.63, 3.8) is 0 Å². The third kappa shape index (κ3) is 3.55. The molecule has 1 aromatic carbocycles. The lowest BCUT2D eigenvalue weighted by Crippen LogP contribution is -2.34. The van der Waals surface area contributed by atoms with Crippen LogP contribution in [-0.4, -0.2) is 10.7 Å². The van der Waals surface area contributed by atoms with Gasteiger partial charge in [0.05, 0.1) is 5.60 Å². The lowest BCUT2D eigenvalue weighted by molar-refractivity contribution is 0.0253. The molecule has 1 unspecified atom stereocenters. The van der Waals surface area contributed by atoms with Gasteiger partial charge in [0.15, 0.2) is 0 Å². The Morgan fingerprint density at radius 2 is 1.72 bits per heavy atom. The molecular formula is C16H25FO. The Bertz CT molecular complexity index is 368. The highest BCUT2D eigenvalue weighted by Crippen LogP contribution is 2.38. The van der Waals surface area contributed by atoms with Crippen LogP contribution >= 0.6 is 0 Å². The van der Waals surface area contributed by atoms with Crippen LogP contribution in [0, 0.1) is 18.7 Å². The topological polar surface area (TPSA) is 20.2 Å². The van der Waals surface area contributed by atoms with Crippen molar-refractivity contribution in [2.45, 2.75) is 59.0 Å². The maximum Gasteiger partial charge on any atom is 0.123 e. The Balaban J connectivity index is 3.25. The van der Waals surface area contributed by atoms with Crippen LogP contribution in [0.2, 0.25) is 0 Å². The summed E-state index contributed by atoms with van der Waals surface area (Å²) in [5, 5.41) is 10.4. The van der Waals surface area contributed by atoms with Gasteiger partial charge in [-0.25, -0.2) is 4.39 Å². The van der Waals surface area contributed by atoms with Gasteiger partial charge in [-0.3, -0.25) is 0 Å². The molecule has 102 valence electrons. The van der Waals surface area contributed by atoms with Gasteiger partial charge in [-0.05, 0) is 49.9 Å². The maximum atomic E-state index is 13.6. The Hall–Kier alpha value is -0.890. The monoisotopic (exact) mass is 252 g/mol. The molecule has 0 spiro atoms. The van der Waals surface area contributed by atoms with Gasteiger partial charge >= 0.3 is 0 Å². The average molecular weight is 252 g/mol. The third-order valence-electron chi connectivity index (χ3n) is 3.70. The van der Waals surface area contributed by atoms with E-state index >= 15 is 0 Å². The molecule has 1 rings (SSSR count). The van der Waals surface area contributed by atoms with Crippen molar-refractivity contribution in [1.29, 1.82) is 0 Å². The van der Waals surface area contributed by atoms with E-state index in [1.807, 2.05) is 26.8 Å². The van der Waals surface area contributed by atoms with E-state index < -0.39 is 5.60 Å². The Morgan fingerprint density at radius 3 is 2.11 bits per heavy atom. The highest BCUT2D eigenvalue weighted by Gasteiger charge is 2.33. The molecule has 0 saturated heterocycles. The Morgan fingerprint density at radius 1 is 1.17 bits per heavy atom. The fourth-order valence-corrected chi connectivity index (χ4v) is 2.96. The number of benzene rings is 1. The number of rotatable bonds is 5. The quantitative estimate of drug-likeness (QED) is 0.822. The van der Waals surface area contributed by atoms with Crippen molar-refractivity contribution >= 4 is 0 Å². The molecule has 0 amide bonds. The molecule has 18 heavy (non-hydrogen) atoms. The van der Waals surface area contributed by atoms with Gasteiger partial charge in [-0.1, -0.05) is 32.8 Å².